The Morgan fingerprint density at radius 3 is 1.67 bits per heavy atom. The lowest BCUT2D eigenvalue weighted by atomic mass is 9.80. The number of ether oxygens (including phenoxy) is 2. The summed E-state index contributed by atoms with van der Waals surface area (Å²) in [7, 11) is 1.97. The lowest BCUT2D eigenvalue weighted by Gasteiger charge is -2.08. The van der Waals surface area contributed by atoms with Crippen molar-refractivity contribution in [1.82, 2.24) is 0 Å². The number of hydrogen-bond donors (Lipinski definition) is 2. The normalized spacial score (nSPS) is 9.81. The highest BCUT2D eigenvalue weighted by Gasteiger charge is 2.12. The maximum atomic E-state index is 8.73. The van der Waals surface area contributed by atoms with Gasteiger partial charge in [0.15, 0.2) is 0 Å². The van der Waals surface area contributed by atoms with E-state index in [1.165, 1.54) is 22.3 Å². The minimum absolute atomic E-state index is 0.488. The maximum absolute atomic E-state index is 8.73. The molecule has 4 aromatic rings. The molecule has 0 fully saturated rings. The fourth-order valence-electron chi connectivity index (χ4n) is 3.22. The van der Waals surface area contributed by atoms with Gasteiger partial charge in [-0.05, 0) is 84.0 Å². The number of methoxy groups -OCH3 is 2. The lowest BCUT2D eigenvalue weighted by molar-refractivity contribution is 0.414. The van der Waals surface area contributed by atoms with E-state index in [2.05, 4.69) is 66.8 Å². The SMILES string of the molecule is COc1cc(C)cc(-c2ccccc2Br)c1.COc1cc(C)cc(Br)c1.OB(O)c1ccccc1Br. The summed E-state index contributed by atoms with van der Waals surface area (Å²) in [4.78, 5) is 0. The maximum Gasteiger partial charge on any atom is 0.489 e. The van der Waals surface area contributed by atoms with Crippen LogP contribution in [0, 0.1) is 13.8 Å². The summed E-state index contributed by atoms with van der Waals surface area (Å²) in [6.45, 7) is 4.11. The average molecular weight is 679 g/mol. The van der Waals surface area contributed by atoms with Crippen LogP contribution in [-0.2, 0) is 0 Å². The Bertz CT molecular complexity index is 1250. The van der Waals surface area contributed by atoms with Crippen LogP contribution >= 0.6 is 47.8 Å². The number of halogens is 3. The minimum Gasteiger partial charge on any atom is -0.497 e. The molecule has 0 saturated heterocycles. The highest BCUT2D eigenvalue weighted by Crippen LogP contribution is 2.31. The molecule has 2 N–H and O–H groups in total. The summed E-state index contributed by atoms with van der Waals surface area (Å²) < 4.78 is 13.2. The van der Waals surface area contributed by atoms with Crippen molar-refractivity contribution in [3.8, 4) is 22.6 Å². The molecule has 0 aliphatic carbocycles. The second-order valence-corrected chi connectivity index (χ2v) is 10.4. The third kappa shape index (κ3) is 9.75. The standard InChI is InChI=1S/C14H13BrO.C8H9BrO.C6H6BBrO2/c1-10-7-11(9-12(8-10)16-2)13-5-3-4-6-14(13)15;1-6-3-7(9)5-8(4-6)10-2;8-6-4-2-1-3-5(6)7(9)10/h3-9H,1-2H3;3-5H,1-2H3;1-4,9-10H. The summed E-state index contributed by atoms with van der Waals surface area (Å²) in [5, 5.41) is 17.5. The quantitative estimate of drug-likeness (QED) is 0.222. The average Bonchev–Trinajstić information content (AvgIpc) is 2.84. The van der Waals surface area contributed by atoms with Crippen LogP contribution in [0.1, 0.15) is 11.1 Å². The molecule has 0 saturated carbocycles. The van der Waals surface area contributed by atoms with E-state index in [0.717, 1.165) is 20.4 Å². The fourth-order valence-corrected chi connectivity index (χ4v) is 4.81. The summed E-state index contributed by atoms with van der Waals surface area (Å²) in [5.41, 5.74) is 5.24. The molecule has 0 amide bonds. The van der Waals surface area contributed by atoms with E-state index in [1.807, 2.05) is 61.5 Å². The van der Waals surface area contributed by atoms with Gasteiger partial charge >= 0.3 is 7.12 Å². The molecule has 4 rings (SSSR count). The first-order chi connectivity index (χ1) is 17.1. The lowest BCUT2D eigenvalue weighted by Crippen LogP contribution is -2.30. The first-order valence-electron chi connectivity index (χ1n) is 11.0. The molecule has 188 valence electrons. The Hall–Kier alpha value is -2.10. The Kier molecular flexibility index (Phi) is 12.7. The molecule has 8 heteroatoms. The van der Waals surface area contributed by atoms with Crippen LogP contribution < -0.4 is 14.9 Å². The fraction of sp³-hybridized carbons (Fsp3) is 0.143. The van der Waals surface area contributed by atoms with Crippen LogP contribution in [0.2, 0.25) is 0 Å². The second-order valence-electron chi connectivity index (χ2n) is 7.78. The topological polar surface area (TPSA) is 58.9 Å². The van der Waals surface area contributed by atoms with Gasteiger partial charge in [0.05, 0.1) is 14.2 Å². The van der Waals surface area contributed by atoms with Crippen LogP contribution in [0.3, 0.4) is 0 Å². The van der Waals surface area contributed by atoms with E-state index in [9.17, 15) is 0 Å². The van der Waals surface area contributed by atoms with E-state index >= 15 is 0 Å². The Labute approximate surface area is 238 Å². The van der Waals surface area contributed by atoms with Crippen LogP contribution in [0.25, 0.3) is 11.1 Å². The highest BCUT2D eigenvalue weighted by atomic mass is 79.9. The van der Waals surface area contributed by atoms with Crippen molar-refractivity contribution in [2.24, 2.45) is 0 Å². The zero-order chi connectivity index (χ0) is 26.7. The molecule has 0 radical (unpaired) electrons. The van der Waals surface area contributed by atoms with Gasteiger partial charge < -0.3 is 19.5 Å². The summed E-state index contributed by atoms with van der Waals surface area (Å²) in [5.74, 6) is 1.79. The van der Waals surface area contributed by atoms with Gasteiger partial charge in [0, 0.05) is 13.4 Å². The first kappa shape index (κ1) is 30.1. The van der Waals surface area contributed by atoms with Crippen molar-refractivity contribution in [2.45, 2.75) is 13.8 Å². The number of aryl methyl sites for hydroxylation is 2. The highest BCUT2D eigenvalue weighted by molar-refractivity contribution is 9.11. The first-order valence-corrected chi connectivity index (χ1v) is 13.3. The van der Waals surface area contributed by atoms with Gasteiger partial charge in [-0.25, -0.2) is 0 Å². The molecule has 0 aliphatic rings. The van der Waals surface area contributed by atoms with Gasteiger partial charge in [-0.2, -0.15) is 0 Å². The van der Waals surface area contributed by atoms with Gasteiger partial charge in [-0.3, -0.25) is 0 Å². The number of benzene rings is 4. The van der Waals surface area contributed by atoms with E-state index in [0.29, 0.717) is 9.94 Å². The van der Waals surface area contributed by atoms with Crippen LogP contribution in [0.5, 0.6) is 11.5 Å². The smallest absolute Gasteiger partial charge is 0.489 e. The van der Waals surface area contributed by atoms with Crippen molar-refractivity contribution in [1.29, 1.82) is 0 Å². The Balaban J connectivity index is 0.000000200. The van der Waals surface area contributed by atoms with Gasteiger partial charge in [-0.15, -0.1) is 0 Å². The molecule has 4 aromatic carbocycles. The van der Waals surface area contributed by atoms with Gasteiger partial charge in [-0.1, -0.05) is 90.3 Å². The van der Waals surface area contributed by atoms with Gasteiger partial charge in [0.25, 0.3) is 0 Å². The zero-order valence-corrected chi connectivity index (χ0v) is 25.3. The summed E-state index contributed by atoms with van der Waals surface area (Å²) in [6, 6.07) is 27.4. The molecule has 36 heavy (non-hydrogen) atoms. The Morgan fingerprint density at radius 1 is 0.639 bits per heavy atom. The molecule has 0 heterocycles. The van der Waals surface area contributed by atoms with Gasteiger partial charge in [0.1, 0.15) is 11.5 Å². The molecule has 0 aromatic heterocycles. The predicted molar refractivity (Wildman–Crippen MR) is 160 cm³/mol. The Morgan fingerprint density at radius 2 is 1.17 bits per heavy atom. The van der Waals surface area contributed by atoms with Crippen molar-refractivity contribution >= 4 is 60.4 Å². The molecule has 0 spiro atoms. The van der Waals surface area contributed by atoms with Crippen molar-refractivity contribution in [3.63, 3.8) is 0 Å². The molecule has 0 unspecified atom stereocenters. The molecule has 0 bridgehead atoms. The summed E-state index contributed by atoms with van der Waals surface area (Å²) >= 11 is 10.1. The zero-order valence-electron chi connectivity index (χ0n) is 20.5. The molecule has 0 atom stereocenters. The van der Waals surface area contributed by atoms with E-state index in [1.54, 1.807) is 32.4 Å². The third-order valence-corrected chi connectivity index (χ3v) is 6.78. The minimum atomic E-state index is -1.39. The molecular weight excluding hydrogens is 651 g/mol. The summed E-state index contributed by atoms with van der Waals surface area (Å²) in [6.07, 6.45) is 0. The molecule has 4 nitrogen and oxygen atoms in total. The second kappa shape index (κ2) is 15.2. The van der Waals surface area contributed by atoms with E-state index in [-0.39, 0.29) is 0 Å². The van der Waals surface area contributed by atoms with E-state index in [4.69, 9.17) is 19.5 Å². The van der Waals surface area contributed by atoms with E-state index < -0.39 is 7.12 Å². The molecular formula is C28H28BBr3O4. The van der Waals surface area contributed by atoms with Crippen molar-refractivity contribution in [3.05, 3.63) is 109 Å². The van der Waals surface area contributed by atoms with Crippen molar-refractivity contribution < 1.29 is 19.5 Å². The monoisotopic (exact) mass is 676 g/mol. The van der Waals surface area contributed by atoms with Crippen LogP contribution in [0.15, 0.2) is 98.3 Å². The van der Waals surface area contributed by atoms with Crippen LogP contribution in [-0.4, -0.2) is 31.4 Å². The third-order valence-electron chi connectivity index (χ3n) is 4.91. The predicted octanol–water partition coefficient (Wildman–Crippen LogP) is 7.33. The van der Waals surface area contributed by atoms with Crippen LogP contribution in [0.4, 0.5) is 0 Å². The number of rotatable bonds is 4. The van der Waals surface area contributed by atoms with Gasteiger partial charge in [0.2, 0.25) is 0 Å². The van der Waals surface area contributed by atoms with Crippen molar-refractivity contribution in [2.75, 3.05) is 14.2 Å². The largest absolute Gasteiger partial charge is 0.497 e. The molecule has 0 aliphatic heterocycles. The number of hydrogen-bond acceptors (Lipinski definition) is 4.